The Morgan fingerprint density at radius 2 is 1.68 bits per heavy atom. The molecule has 0 unspecified atom stereocenters. The highest BCUT2D eigenvalue weighted by Gasteiger charge is 2.23. The van der Waals surface area contributed by atoms with Crippen molar-refractivity contribution in [3.63, 3.8) is 0 Å². The van der Waals surface area contributed by atoms with Crippen LogP contribution in [0.15, 0.2) is 66.7 Å². The highest BCUT2D eigenvalue weighted by molar-refractivity contribution is 6.30. The van der Waals surface area contributed by atoms with Crippen LogP contribution in [-0.2, 0) is 4.79 Å². The summed E-state index contributed by atoms with van der Waals surface area (Å²) in [5.74, 6) is -0.502. The number of benzene rings is 3. The first-order valence-corrected chi connectivity index (χ1v) is 10.4. The van der Waals surface area contributed by atoms with Crippen molar-refractivity contribution in [2.24, 2.45) is 0 Å². The van der Waals surface area contributed by atoms with Crippen LogP contribution >= 0.6 is 11.6 Å². The summed E-state index contributed by atoms with van der Waals surface area (Å²) in [7, 11) is 0. The van der Waals surface area contributed by atoms with E-state index >= 15 is 0 Å². The van der Waals surface area contributed by atoms with Crippen molar-refractivity contribution in [2.45, 2.75) is 19.8 Å². The first kappa shape index (κ1) is 20.8. The molecule has 31 heavy (non-hydrogen) atoms. The molecule has 6 heteroatoms. The quantitative estimate of drug-likeness (QED) is 0.559. The van der Waals surface area contributed by atoms with Crippen LogP contribution in [0.25, 0.3) is 0 Å². The number of anilines is 2. The zero-order chi connectivity index (χ0) is 22.0. The summed E-state index contributed by atoms with van der Waals surface area (Å²) < 4.78 is 0. The fraction of sp³-hybridized carbons (Fsp3) is 0.160. The Labute approximate surface area is 185 Å². The number of rotatable bonds is 5. The van der Waals surface area contributed by atoms with Gasteiger partial charge in [0.1, 0.15) is 0 Å². The molecular weight excluding hydrogens is 412 g/mol. The van der Waals surface area contributed by atoms with Gasteiger partial charge in [0, 0.05) is 40.5 Å². The van der Waals surface area contributed by atoms with Gasteiger partial charge in [-0.2, -0.15) is 0 Å². The summed E-state index contributed by atoms with van der Waals surface area (Å²) in [5.41, 5.74) is 3.43. The number of hydrogen-bond acceptors (Lipinski definition) is 3. The van der Waals surface area contributed by atoms with E-state index < -0.39 is 0 Å². The van der Waals surface area contributed by atoms with E-state index in [1.165, 1.54) is 0 Å². The number of halogens is 1. The third-order valence-electron chi connectivity index (χ3n) is 5.34. The second-order valence-electron chi connectivity index (χ2n) is 7.49. The van der Waals surface area contributed by atoms with Gasteiger partial charge in [0.15, 0.2) is 5.78 Å². The van der Waals surface area contributed by atoms with Crippen LogP contribution in [0.4, 0.5) is 11.4 Å². The monoisotopic (exact) mass is 432 g/mol. The average Bonchev–Trinajstić information content (AvgIpc) is 3.19. The van der Waals surface area contributed by atoms with Crippen LogP contribution in [-0.4, -0.2) is 24.1 Å². The van der Waals surface area contributed by atoms with Gasteiger partial charge in [0.05, 0.1) is 5.56 Å². The summed E-state index contributed by atoms with van der Waals surface area (Å²) in [5, 5.41) is 3.41. The van der Waals surface area contributed by atoms with E-state index in [4.69, 9.17) is 11.6 Å². The molecule has 1 aliphatic rings. The Bertz CT molecular complexity index is 1170. The van der Waals surface area contributed by atoms with E-state index in [1.54, 1.807) is 59.5 Å². The molecule has 1 saturated heterocycles. The van der Waals surface area contributed by atoms with E-state index in [1.807, 2.05) is 19.1 Å². The normalized spacial score (nSPS) is 13.4. The second kappa shape index (κ2) is 8.74. The minimum atomic E-state index is -0.373. The minimum Gasteiger partial charge on any atom is -0.322 e. The Morgan fingerprint density at radius 1 is 0.968 bits per heavy atom. The number of aryl methyl sites for hydroxylation is 1. The molecule has 1 heterocycles. The zero-order valence-electron chi connectivity index (χ0n) is 17.0. The number of carbonyl (C=O) groups excluding carboxylic acids is 3. The molecule has 0 atom stereocenters. The standard InChI is InChI=1S/C25H21ClN2O3/c1-16-15-19(12-13-22(16)28-14-4-7-23(28)29)27-25(31)21-6-3-2-5-20(21)24(30)17-8-10-18(26)11-9-17/h2-3,5-6,8-13,15H,4,7,14H2,1H3,(H,27,31). The van der Waals surface area contributed by atoms with Gasteiger partial charge in [-0.1, -0.05) is 29.8 Å². The predicted molar refractivity (Wildman–Crippen MR) is 122 cm³/mol. The van der Waals surface area contributed by atoms with Crippen molar-refractivity contribution < 1.29 is 14.4 Å². The number of nitrogens with zero attached hydrogens (tertiary/aromatic N) is 1. The molecule has 1 aliphatic heterocycles. The third kappa shape index (κ3) is 4.37. The zero-order valence-corrected chi connectivity index (χ0v) is 17.8. The molecule has 2 amide bonds. The largest absolute Gasteiger partial charge is 0.322 e. The molecule has 4 rings (SSSR count). The molecule has 0 aliphatic carbocycles. The first-order valence-electron chi connectivity index (χ1n) is 10.1. The number of nitrogens with one attached hydrogen (secondary N) is 1. The fourth-order valence-corrected chi connectivity index (χ4v) is 3.90. The molecule has 0 spiro atoms. The van der Waals surface area contributed by atoms with Crippen molar-refractivity contribution in [1.29, 1.82) is 0 Å². The van der Waals surface area contributed by atoms with Gasteiger partial charge in [-0.15, -0.1) is 0 Å². The summed E-state index contributed by atoms with van der Waals surface area (Å²) in [6.07, 6.45) is 1.42. The number of ketones is 1. The van der Waals surface area contributed by atoms with Crippen molar-refractivity contribution in [2.75, 3.05) is 16.8 Å². The molecule has 0 radical (unpaired) electrons. The smallest absolute Gasteiger partial charge is 0.256 e. The lowest BCUT2D eigenvalue weighted by atomic mass is 9.98. The lowest BCUT2D eigenvalue weighted by Crippen LogP contribution is -2.24. The Hall–Kier alpha value is -3.44. The molecule has 1 N–H and O–H groups in total. The third-order valence-corrected chi connectivity index (χ3v) is 5.59. The topological polar surface area (TPSA) is 66.5 Å². The van der Waals surface area contributed by atoms with Gasteiger partial charge < -0.3 is 10.2 Å². The maximum atomic E-state index is 13.0. The molecule has 0 aromatic heterocycles. The van der Waals surface area contributed by atoms with Gasteiger partial charge in [-0.05, 0) is 67.4 Å². The van der Waals surface area contributed by atoms with Crippen molar-refractivity contribution in [3.8, 4) is 0 Å². The predicted octanol–water partition coefficient (Wildman–Crippen LogP) is 5.26. The average molecular weight is 433 g/mol. The Morgan fingerprint density at radius 3 is 2.32 bits per heavy atom. The Kier molecular flexibility index (Phi) is 5.87. The van der Waals surface area contributed by atoms with Gasteiger partial charge >= 0.3 is 0 Å². The molecule has 0 saturated carbocycles. The SMILES string of the molecule is Cc1cc(NC(=O)c2ccccc2C(=O)c2ccc(Cl)cc2)ccc1N1CCCC1=O. The fourth-order valence-electron chi connectivity index (χ4n) is 3.77. The van der Waals surface area contributed by atoms with E-state index in [9.17, 15) is 14.4 Å². The van der Waals surface area contributed by atoms with Gasteiger partial charge in [0.2, 0.25) is 5.91 Å². The molecule has 156 valence electrons. The van der Waals surface area contributed by atoms with Gasteiger partial charge in [-0.3, -0.25) is 14.4 Å². The molecule has 5 nitrogen and oxygen atoms in total. The van der Waals surface area contributed by atoms with Crippen LogP contribution in [0.2, 0.25) is 5.02 Å². The summed E-state index contributed by atoms with van der Waals surface area (Å²) in [6, 6.07) is 18.7. The lowest BCUT2D eigenvalue weighted by molar-refractivity contribution is -0.117. The maximum Gasteiger partial charge on any atom is 0.256 e. The van der Waals surface area contributed by atoms with E-state index in [0.29, 0.717) is 40.4 Å². The molecule has 3 aromatic carbocycles. The van der Waals surface area contributed by atoms with Crippen LogP contribution in [0, 0.1) is 6.92 Å². The van der Waals surface area contributed by atoms with Crippen LogP contribution in [0.3, 0.4) is 0 Å². The highest BCUT2D eigenvalue weighted by atomic mass is 35.5. The van der Waals surface area contributed by atoms with E-state index in [2.05, 4.69) is 5.32 Å². The van der Waals surface area contributed by atoms with E-state index in [-0.39, 0.29) is 17.6 Å². The Balaban J connectivity index is 1.57. The molecular formula is C25H21ClN2O3. The van der Waals surface area contributed by atoms with Crippen LogP contribution < -0.4 is 10.2 Å². The van der Waals surface area contributed by atoms with Gasteiger partial charge in [-0.25, -0.2) is 0 Å². The highest BCUT2D eigenvalue weighted by Crippen LogP contribution is 2.28. The minimum absolute atomic E-state index is 0.120. The molecule has 0 bridgehead atoms. The van der Waals surface area contributed by atoms with Gasteiger partial charge in [0.25, 0.3) is 5.91 Å². The second-order valence-corrected chi connectivity index (χ2v) is 7.92. The summed E-state index contributed by atoms with van der Waals surface area (Å²) >= 11 is 5.91. The number of carbonyl (C=O) groups is 3. The number of amides is 2. The molecule has 3 aromatic rings. The number of hydrogen-bond donors (Lipinski definition) is 1. The van der Waals surface area contributed by atoms with Crippen LogP contribution in [0.1, 0.15) is 44.7 Å². The maximum absolute atomic E-state index is 13.0. The summed E-state index contributed by atoms with van der Waals surface area (Å²) in [6.45, 7) is 2.63. The van der Waals surface area contributed by atoms with Crippen molar-refractivity contribution in [1.82, 2.24) is 0 Å². The van der Waals surface area contributed by atoms with Crippen molar-refractivity contribution >= 4 is 40.6 Å². The van der Waals surface area contributed by atoms with E-state index in [0.717, 1.165) is 17.7 Å². The van der Waals surface area contributed by atoms with Crippen LogP contribution in [0.5, 0.6) is 0 Å². The first-order chi connectivity index (χ1) is 14.9. The molecule has 1 fully saturated rings. The summed E-state index contributed by atoms with van der Waals surface area (Å²) in [4.78, 5) is 39.7. The van der Waals surface area contributed by atoms with Crippen molar-refractivity contribution in [3.05, 3.63) is 94.0 Å². The lowest BCUT2D eigenvalue weighted by Gasteiger charge is -2.19.